The first kappa shape index (κ1) is 22.5. The second-order valence-corrected chi connectivity index (χ2v) is 8.87. The van der Waals surface area contributed by atoms with Gasteiger partial charge in [0.1, 0.15) is 6.23 Å². The fourth-order valence-electron chi connectivity index (χ4n) is 5.22. The normalized spacial score (nSPS) is 27.3. The Hall–Kier alpha value is -2.69. The molecule has 4 rings (SSSR count). The van der Waals surface area contributed by atoms with Gasteiger partial charge in [0.25, 0.3) is 0 Å². The quantitative estimate of drug-likeness (QED) is 0.185. The van der Waals surface area contributed by atoms with Crippen LogP contribution in [-0.4, -0.2) is 46.3 Å². The predicted octanol–water partition coefficient (Wildman–Crippen LogP) is 1.41. The molecule has 9 nitrogen and oxygen atoms in total. The van der Waals surface area contributed by atoms with Crippen molar-refractivity contribution in [3.63, 3.8) is 0 Å². The smallest absolute Gasteiger partial charge is 0.224 e. The van der Waals surface area contributed by atoms with Crippen molar-refractivity contribution in [2.24, 2.45) is 29.4 Å². The third-order valence-corrected chi connectivity index (χ3v) is 6.63. The number of aliphatic hydroxyl groups is 1. The molecule has 2 aromatic rings. The highest BCUT2D eigenvalue weighted by Crippen LogP contribution is 2.52. The molecule has 0 spiro atoms. The molecule has 1 aromatic heterocycles. The van der Waals surface area contributed by atoms with Gasteiger partial charge < -0.3 is 32.5 Å². The zero-order valence-electron chi connectivity index (χ0n) is 17.3. The number of amides is 1. The average Bonchev–Trinajstić information content (AvgIpc) is 3.29. The Morgan fingerprint density at radius 1 is 1.38 bits per heavy atom. The number of carbonyl (C=O) groups is 1. The molecule has 2 aliphatic rings. The molecule has 0 saturated heterocycles. The monoisotopic (exact) mass is 463 g/mol. The largest absolute Gasteiger partial charge is 0.399 e. The summed E-state index contributed by atoms with van der Waals surface area (Å²) in [5.41, 5.74) is 12.8. The molecule has 0 aliphatic heterocycles. The lowest BCUT2D eigenvalue weighted by Crippen LogP contribution is -2.47. The summed E-state index contributed by atoms with van der Waals surface area (Å²) in [4.78, 5) is 19.7. The van der Waals surface area contributed by atoms with Crippen molar-refractivity contribution in [1.29, 1.82) is 0 Å². The lowest BCUT2D eigenvalue weighted by Gasteiger charge is -2.35. The van der Waals surface area contributed by atoms with Gasteiger partial charge in [-0.05, 0) is 66.9 Å². The van der Waals surface area contributed by atoms with E-state index >= 15 is 0 Å². The third-order valence-electron chi connectivity index (χ3n) is 6.45. The maximum absolute atomic E-state index is 14.2. The topological polar surface area (TPSA) is 151 Å². The number of rotatable bonds is 9. The van der Waals surface area contributed by atoms with E-state index in [4.69, 9.17) is 23.1 Å². The first-order valence-electron chi connectivity index (χ1n) is 10.6. The molecule has 11 heteroatoms. The molecule has 6 atom stereocenters. The third kappa shape index (κ3) is 4.87. The molecular formula is C21H27ClFN7O2. The van der Waals surface area contributed by atoms with Gasteiger partial charge in [-0.15, -0.1) is 0 Å². The molecular weight excluding hydrogens is 437 g/mol. The minimum absolute atomic E-state index is 0.0257. The molecule has 2 aliphatic carbocycles. The van der Waals surface area contributed by atoms with Crippen LogP contribution in [0.4, 0.5) is 21.6 Å². The van der Waals surface area contributed by atoms with Crippen LogP contribution >= 0.6 is 11.6 Å². The van der Waals surface area contributed by atoms with E-state index < -0.39 is 23.9 Å². The van der Waals surface area contributed by atoms with E-state index in [0.717, 1.165) is 24.7 Å². The van der Waals surface area contributed by atoms with Crippen molar-refractivity contribution < 1.29 is 14.3 Å². The number of halogens is 2. The number of nitrogens with two attached hydrogens (primary N) is 2. The zero-order valence-corrected chi connectivity index (χ0v) is 18.1. The van der Waals surface area contributed by atoms with E-state index in [1.54, 1.807) is 12.1 Å². The molecule has 6 unspecified atom stereocenters. The highest BCUT2D eigenvalue weighted by Gasteiger charge is 2.54. The lowest BCUT2D eigenvalue weighted by molar-refractivity contribution is -0.123. The number of carbonyl (C=O) groups excluding carboxylic acids is 1. The lowest BCUT2D eigenvalue weighted by atomic mass is 9.77. The summed E-state index contributed by atoms with van der Waals surface area (Å²) < 4.78 is 14.2. The van der Waals surface area contributed by atoms with Gasteiger partial charge in [-0.1, -0.05) is 6.07 Å². The molecule has 32 heavy (non-hydrogen) atoms. The molecule has 8 N–H and O–H groups in total. The standard InChI is InChI=1S/C21H27ClFN7O2/c22-21-27-8-15(23)20(30-21)29-18-14-5-10(17(18)19(25)32)4-11(14)7-26-9-16(31)28-13-3-1-2-12(24)6-13/h1-3,6,8,10-11,14,16-18,26,28,31H,4-5,7,9,24H2,(H2,25,32)(H,27,29,30). The fraction of sp³-hybridized carbons (Fsp3) is 0.476. The van der Waals surface area contributed by atoms with E-state index in [1.807, 2.05) is 12.1 Å². The van der Waals surface area contributed by atoms with Crippen molar-refractivity contribution in [3.8, 4) is 0 Å². The first-order valence-corrected chi connectivity index (χ1v) is 10.9. The van der Waals surface area contributed by atoms with E-state index in [2.05, 4.69) is 25.9 Å². The number of fused-ring (bicyclic) bond motifs is 2. The summed E-state index contributed by atoms with van der Waals surface area (Å²) in [6, 6.07) is 6.82. The number of nitrogens with one attached hydrogen (secondary N) is 3. The van der Waals surface area contributed by atoms with Crippen LogP contribution in [-0.2, 0) is 4.79 Å². The van der Waals surface area contributed by atoms with Gasteiger partial charge in [0.15, 0.2) is 11.6 Å². The Morgan fingerprint density at radius 3 is 2.94 bits per heavy atom. The summed E-state index contributed by atoms with van der Waals surface area (Å²) in [5, 5.41) is 19.5. The summed E-state index contributed by atoms with van der Waals surface area (Å²) in [5.74, 6) is -0.986. The van der Waals surface area contributed by atoms with Crippen LogP contribution in [0.3, 0.4) is 0 Å². The molecule has 2 fully saturated rings. The molecule has 1 amide bonds. The van der Waals surface area contributed by atoms with Crippen LogP contribution in [0, 0.1) is 29.5 Å². The molecule has 0 radical (unpaired) electrons. The molecule has 172 valence electrons. The van der Waals surface area contributed by atoms with Crippen molar-refractivity contribution in [2.75, 3.05) is 29.5 Å². The van der Waals surface area contributed by atoms with E-state index in [1.165, 1.54) is 0 Å². The van der Waals surface area contributed by atoms with Gasteiger partial charge in [-0.3, -0.25) is 4.79 Å². The van der Waals surface area contributed by atoms with Gasteiger partial charge in [0, 0.05) is 24.0 Å². The van der Waals surface area contributed by atoms with Crippen LogP contribution in [0.25, 0.3) is 0 Å². The van der Waals surface area contributed by atoms with E-state index in [-0.39, 0.29) is 34.9 Å². The van der Waals surface area contributed by atoms with Gasteiger partial charge >= 0.3 is 0 Å². The minimum Gasteiger partial charge on any atom is -0.399 e. The maximum Gasteiger partial charge on any atom is 0.224 e. The summed E-state index contributed by atoms with van der Waals surface area (Å²) in [6.07, 6.45) is 1.87. The number of benzene rings is 1. The minimum atomic E-state index is -0.792. The molecule has 2 saturated carbocycles. The number of anilines is 3. The van der Waals surface area contributed by atoms with Crippen molar-refractivity contribution in [1.82, 2.24) is 15.3 Å². The zero-order chi connectivity index (χ0) is 22.8. The molecule has 1 aromatic carbocycles. The maximum atomic E-state index is 14.2. The number of aliphatic hydroxyl groups excluding tert-OH is 1. The van der Waals surface area contributed by atoms with Crippen molar-refractivity contribution in [2.45, 2.75) is 25.1 Å². The molecule has 2 bridgehead atoms. The van der Waals surface area contributed by atoms with Gasteiger partial charge in [0.2, 0.25) is 11.2 Å². The van der Waals surface area contributed by atoms with Crippen LogP contribution in [0.15, 0.2) is 30.5 Å². The van der Waals surface area contributed by atoms with Gasteiger partial charge in [-0.25, -0.2) is 9.37 Å². The van der Waals surface area contributed by atoms with E-state index in [0.29, 0.717) is 18.8 Å². The fourth-order valence-corrected chi connectivity index (χ4v) is 5.35. The summed E-state index contributed by atoms with van der Waals surface area (Å²) in [6.45, 7) is 0.976. The number of nitrogens with zero attached hydrogens (tertiary/aromatic N) is 2. The second-order valence-electron chi connectivity index (χ2n) is 8.53. The SMILES string of the molecule is NC(=O)C1C2CC(CNCC(O)Nc3cccc(N)c3)C(C2)C1Nc1nc(Cl)ncc1F. The Morgan fingerprint density at radius 2 is 2.19 bits per heavy atom. The van der Waals surface area contributed by atoms with Gasteiger partial charge in [-0.2, -0.15) is 4.98 Å². The number of nitrogen functional groups attached to an aromatic ring is 1. The number of hydrogen-bond donors (Lipinski definition) is 6. The number of aromatic nitrogens is 2. The van der Waals surface area contributed by atoms with E-state index in [9.17, 15) is 14.3 Å². The Kier molecular flexibility index (Phi) is 6.63. The molecule has 1 heterocycles. The van der Waals surface area contributed by atoms with Crippen molar-refractivity contribution in [3.05, 3.63) is 41.6 Å². The van der Waals surface area contributed by atoms with Crippen molar-refractivity contribution >= 4 is 34.7 Å². The highest BCUT2D eigenvalue weighted by atomic mass is 35.5. The van der Waals surface area contributed by atoms with Crippen LogP contribution in [0.5, 0.6) is 0 Å². The number of primary amides is 1. The summed E-state index contributed by atoms with van der Waals surface area (Å²) in [7, 11) is 0. The van der Waals surface area contributed by atoms with Crippen LogP contribution < -0.4 is 27.4 Å². The first-order chi connectivity index (χ1) is 15.3. The Balaban J connectivity index is 1.35. The van der Waals surface area contributed by atoms with Crippen LogP contribution in [0.2, 0.25) is 5.28 Å². The highest BCUT2D eigenvalue weighted by molar-refractivity contribution is 6.28. The number of hydrogen-bond acceptors (Lipinski definition) is 8. The Labute approximate surface area is 190 Å². The van der Waals surface area contributed by atoms with Gasteiger partial charge in [0.05, 0.1) is 12.1 Å². The van der Waals surface area contributed by atoms with Crippen LogP contribution in [0.1, 0.15) is 12.8 Å². The summed E-state index contributed by atoms with van der Waals surface area (Å²) >= 11 is 5.81. The average molecular weight is 464 g/mol. The predicted molar refractivity (Wildman–Crippen MR) is 120 cm³/mol. The second kappa shape index (κ2) is 9.43. The Bertz CT molecular complexity index is 981.